The van der Waals surface area contributed by atoms with Crippen LogP contribution in [0.15, 0.2) is 76.7 Å². The van der Waals surface area contributed by atoms with Crippen LogP contribution in [0.2, 0.25) is 0 Å². The van der Waals surface area contributed by atoms with Gasteiger partial charge in [0.05, 0.1) is 22.3 Å². The van der Waals surface area contributed by atoms with E-state index >= 15 is 0 Å². The second-order valence-electron chi connectivity index (χ2n) is 7.60. The van der Waals surface area contributed by atoms with Gasteiger partial charge in [0.25, 0.3) is 5.56 Å². The van der Waals surface area contributed by atoms with Crippen molar-refractivity contribution >= 4 is 34.3 Å². The molecule has 0 unspecified atom stereocenters. The lowest BCUT2D eigenvalue weighted by molar-refractivity contribution is -0.113. The summed E-state index contributed by atoms with van der Waals surface area (Å²) in [5, 5.41) is 3.94. The molecule has 31 heavy (non-hydrogen) atoms. The Morgan fingerprint density at radius 2 is 1.61 bits per heavy atom. The highest BCUT2D eigenvalue weighted by molar-refractivity contribution is 7.99. The van der Waals surface area contributed by atoms with E-state index in [9.17, 15) is 9.59 Å². The van der Waals surface area contributed by atoms with Gasteiger partial charge in [0, 0.05) is 5.69 Å². The molecule has 0 saturated heterocycles. The van der Waals surface area contributed by atoms with Gasteiger partial charge in [-0.25, -0.2) is 4.98 Å². The fourth-order valence-corrected chi connectivity index (χ4v) is 4.29. The van der Waals surface area contributed by atoms with E-state index in [0.717, 1.165) is 28.1 Å². The number of carbonyl (C=O) groups excluding carboxylic acids is 1. The first-order valence-electron chi connectivity index (χ1n) is 10.0. The lowest BCUT2D eigenvalue weighted by atomic mass is 10.1. The normalized spacial score (nSPS) is 10.9. The third kappa shape index (κ3) is 4.70. The quantitative estimate of drug-likeness (QED) is 0.356. The minimum atomic E-state index is -0.150. The zero-order valence-corrected chi connectivity index (χ0v) is 18.5. The number of carbonyl (C=O) groups is 1. The van der Waals surface area contributed by atoms with Gasteiger partial charge in [0.2, 0.25) is 5.91 Å². The first-order valence-corrected chi connectivity index (χ1v) is 11.0. The zero-order chi connectivity index (χ0) is 22.0. The average molecular weight is 430 g/mol. The number of para-hydroxylation sites is 1. The van der Waals surface area contributed by atoms with Gasteiger partial charge in [0.15, 0.2) is 5.16 Å². The summed E-state index contributed by atoms with van der Waals surface area (Å²) in [5.41, 5.74) is 5.22. The molecule has 0 atom stereocenters. The SMILES string of the molecule is Cc1ccc(NC(=O)CSc2nc3ccccc3c(=O)n2-c2cc(C)cc(C)c2)cc1. The van der Waals surface area contributed by atoms with Crippen LogP contribution >= 0.6 is 11.8 Å². The molecule has 0 spiro atoms. The Balaban J connectivity index is 1.69. The topological polar surface area (TPSA) is 64.0 Å². The number of benzene rings is 3. The molecule has 0 aliphatic carbocycles. The summed E-state index contributed by atoms with van der Waals surface area (Å²) in [7, 11) is 0. The van der Waals surface area contributed by atoms with Gasteiger partial charge in [0.1, 0.15) is 0 Å². The van der Waals surface area contributed by atoms with E-state index < -0.39 is 0 Å². The number of aryl methyl sites for hydroxylation is 3. The maximum absolute atomic E-state index is 13.3. The summed E-state index contributed by atoms with van der Waals surface area (Å²) in [5.74, 6) is -0.00747. The standard InChI is InChI=1S/C25H23N3O2S/c1-16-8-10-19(11-9-16)26-23(29)15-31-25-27-22-7-5-4-6-21(22)24(30)28(25)20-13-17(2)12-18(3)14-20/h4-14H,15H2,1-3H3,(H,26,29). The maximum Gasteiger partial charge on any atom is 0.266 e. The van der Waals surface area contributed by atoms with Crippen LogP contribution in [0.3, 0.4) is 0 Å². The summed E-state index contributed by atoms with van der Waals surface area (Å²) < 4.78 is 1.60. The van der Waals surface area contributed by atoms with Crippen LogP contribution in [-0.2, 0) is 4.79 Å². The monoisotopic (exact) mass is 429 g/mol. The number of nitrogens with one attached hydrogen (secondary N) is 1. The minimum Gasteiger partial charge on any atom is -0.325 e. The van der Waals surface area contributed by atoms with Crippen molar-refractivity contribution in [2.45, 2.75) is 25.9 Å². The van der Waals surface area contributed by atoms with Gasteiger partial charge in [-0.3, -0.25) is 14.2 Å². The average Bonchev–Trinajstić information content (AvgIpc) is 2.73. The van der Waals surface area contributed by atoms with Crippen molar-refractivity contribution in [2.75, 3.05) is 11.1 Å². The van der Waals surface area contributed by atoms with Crippen LogP contribution in [0.25, 0.3) is 16.6 Å². The molecule has 0 aliphatic heterocycles. The fraction of sp³-hybridized carbons (Fsp3) is 0.160. The number of aromatic nitrogens is 2. The number of fused-ring (bicyclic) bond motifs is 1. The van der Waals surface area contributed by atoms with Crippen molar-refractivity contribution in [1.29, 1.82) is 0 Å². The summed E-state index contributed by atoms with van der Waals surface area (Å²) in [6, 6.07) is 20.9. The molecule has 6 heteroatoms. The summed E-state index contributed by atoms with van der Waals surface area (Å²) >= 11 is 1.25. The zero-order valence-electron chi connectivity index (χ0n) is 17.7. The van der Waals surface area contributed by atoms with Crippen LogP contribution in [0.1, 0.15) is 16.7 Å². The van der Waals surface area contributed by atoms with E-state index in [1.807, 2.05) is 75.4 Å². The predicted octanol–water partition coefficient (Wildman–Crippen LogP) is 5.04. The number of hydrogen-bond donors (Lipinski definition) is 1. The van der Waals surface area contributed by atoms with Crippen molar-refractivity contribution in [1.82, 2.24) is 9.55 Å². The maximum atomic E-state index is 13.3. The Kier molecular flexibility index (Phi) is 5.91. The molecule has 0 saturated carbocycles. The van der Waals surface area contributed by atoms with Gasteiger partial charge in [-0.05, 0) is 68.3 Å². The van der Waals surface area contributed by atoms with Gasteiger partial charge >= 0.3 is 0 Å². The third-order valence-corrected chi connectivity index (χ3v) is 5.82. The molecule has 156 valence electrons. The fourth-order valence-electron chi connectivity index (χ4n) is 3.48. The number of hydrogen-bond acceptors (Lipinski definition) is 4. The van der Waals surface area contributed by atoms with E-state index in [1.165, 1.54) is 11.8 Å². The lowest BCUT2D eigenvalue weighted by Crippen LogP contribution is -2.23. The van der Waals surface area contributed by atoms with E-state index in [-0.39, 0.29) is 17.2 Å². The molecule has 3 aromatic carbocycles. The van der Waals surface area contributed by atoms with Gasteiger partial charge in [-0.2, -0.15) is 0 Å². The molecule has 4 rings (SSSR count). The van der Waals surface area contributed by atoms with Crippen LogP contribution in [0.4, 0.5) is 5.69 Å². The van der Waals surface area contributed by atoms with E-state index in [1.54, 1.807) is 10.6 Å². The van der Waals surface area contributed by atoms with Crippen molar-refractivity contribution in [3.63, 3.8) is 0 Å². The van der Waals surface area contributed by atoms with E-state index in [4.69, 9.17) is 4.98 Å². The summed E-state index contributed by atoms with van der Waals surface area (Å²) in [4.78, 5) is 30.6. The van der Waals surface area contributed by atoms with E-state index in [0.29, 0.717) is 16.1 Å². The second-order valence-corrected chi connectivity index (χ2v) is 8.54. The number of thioether (sulfide) groups is 1. The molecule has 0 fully saturated rings. The van der Waals surface area contributed by atoms with Crippen LogP contribution in [0, 0.1) is 20.8 Å². The smallest absolute Gasteiger partial charge is 0.266 e. The second kappa shape index (κ2) is 8.78. The molecule has 0 radical (unpaired) electrons. The number of rotatable bonds is 5. The Labute approximate surface area is 185 Å². The van der Waals surface area contributed by atoms with Crippen molar-refractivity contribution in [2.24, 2.45) is 0 Å². The predicted molar refractivity (Wildman–Crippen MR) is 127 cm³/mol. The third-order valence-electron chi connectivity index (χ3n) is 4.88. The minimum absolute atomic E-state index is 0.142. The Bertz CT molecular complexity index is 1310. The molecule has 0 aliphatic rings. The molecule has 1 heterocycles. The Morgan fingerprint density at radius 3 is 2.32 bits per heavy atom. The first-order chi connectivity index (χ1) is 14.9. The lowest BCUT2D eigenvalue weighted by Gasteiger charge is -2.14. The summed E-state index contributed by atoms with van der Waals surface area (Å²) in [6.45, 7) is 5.99. The van der Waals surface area contributed by atoms with E-state index in [2.05, 4.69) is 11.4 Å². The van der Waals surface area contributed by atoms with Gasteiger partial charge in [-0.15, -0.1) is 0 Å². The molecule has 1 amide bonds. The molecule has 1 N–H and O–H groups in total. The van der Waals surface area contributed by atoms with Crippen molar-refractivity contribution < 1.29 is 4.79 Å². The van der Waals surface area contributed by atoms with Crippen molar-refractivity contribution in [3.8, 4) is 5.69 Å². The molecule has 5 nitrogen and oxygen atoms in total. The van der Waals surface area contributed by atoms with Crippen LogP contribution < -0.4 is 10.9 Å². The molecular formula is C25H23N3O2S. The van der Waals surface area contributed by atoms with Crippen LogP contribution in [0.5, 0.6) is 0 Å². The van der Waals surface area contributed by atoms with Gasteiger partial charge < -0.3 is 5.32 Å². The van der Waals surface area contributed by atoms with Crippen molar-refractivity contribution in [3.05, 3.63) is 93.8 Å². The highest BCUT2D eigenvalue weighted by Gasteiger charge is 2.15. The molecular weight excluding hydrogens is 406 g/mol. The number of amides is 1. The first kappa shape index (κ1) is 20.9. The number of nitrogens with zero attached hydrogens (tertiary/aromatic N) is 2. The Hall–Kier alpha value is -3.38. The highest BCUT2D eigenvalue weighted by atomic mass is 32.2. The largest absolute Gasteiger partial charge is 0.325 e. The Morgan fingerprint density at radius 1 is 0.935 bits per heavy atom. The molecule has 1 aromatic heterocycles. The van der Waals surface area contributed by atoms with Gasteiger partial charge in [-0.1, -0.05) is 47.7 Å². The molecule has 4 aromatic rings. The summed E-state index contributed by atoms with van der Waals surface area (Å²) in [6.07, 6.45) is 0. The van der Waals surface area contributed by atoms with Crippen LogP contribution in [-0.4, -0.2) is 21.2 Å². The number of anilines is 1. The molecule has 0 bridgehead atoms. The highest BCUT2D eigenvalue weighted by Crippen LogP contribution is 2.23.